The number of aliphatic carboxylic acids is 1. The maximum absolute atomic E-state index is 9.84. The van der Waals surface area contributed by atoms with E-state index >= 15 is 0 Å². The van der Waals surface area contributed by atoms with Gasteiger partial charge in [-0.25, -0.2) is 4.79 Å². The van der Waals surface area contributed by atoms with Crippen molar-refractivity contribution in [2.24, 2.45) is 0 Å². The zero-order valence-corrected chi connectivity index (χ0v) is 8.92. The van der Waals surface area contributed by atoms with E-state index in [-0.39, 0.29) is 31.8 Å². The Labute approximate surface area is 94.7 Å². The Balaban J connectivity index is -0.0000000321. The number of carbonyl (C=O) groups is 2. The third-order valence-corrected chi connectivity index (χ3v) is 0.711. The largest absolute Gasteiger partial charge is 2.00 e. The van der Waals surface area contributed by atoms with E-state index in [1.807, 2.05) is 0 Å². The Hall–Kier alpha value is -0.264. The minimum absolute atomic E-state index is 0. The molecule has 0 aromatic heterocycles. The summed E-state index contributed by atoms with van der Waals surface area (Å²) in [4.78, 5) is 19.1. The molecule has 0 fully saturated rings. The number of hydrogen-bond donors (Lipinski definition) is 1. The first kappa shape index (κ1) is 17.7. The molecule has 0 aliphatic rings. The van der Waals surface area contributed by atoms with Crippen LogP contribution in [0.5, 0.6) is 0 Å². The molecule has 68 valence electrons. The van der Waals surface area contributed by atoms with Gasteiger partial charge in [0.2, 0.25) is 0 Å². The van der Waals surface area contributed by atoms with Crippen molar-refractivity contribution in [2.45, 2.75) is 0 Å². The van der Waals surface area contributed by atoms with Crippen LogP contribution in [0.1, 0.15) is 2.85 Å². The van der Waals surface area contributed by atoms with Crippen LogP contribution < -0.4 is 0 Å². The summed E-state index contributed by atoms with van der Waals surface area (Å²) >= 11 is 4.74. The van der Waals surface area contributed by atoms with E-state index in [2.05, 4.69) is 11.3 Å². The average molecular weight is 207 g/mol. The van der Waals surface area contributed by atoms with Gasteiger partial charge in [-0.15, -0.1) is 11.6 Å². The van der Waals surface area contributed by atoms with E-state index in [1.54, 1.807) is 0 Å². The normalized spacial score (nSPS) is 6.50. The van der Waals surface area contributed by atoms with E-state index < -0.39 is 11.9 Å². The number of esters is 1. The summed E-state index contributed by atoms with van der Waals surface area (Å²) < 4.78 is 4.14. The number of alkyl halides is 1. The van der Waals surface area contributed by atoms with Gasteiger partial charge in [-0.3, -0.25) is 4.79 Å². The van der Waals surface area contributed by atoms with Crippen LogP contribution in [0.2, 0.25) is 0 Å². The van der Waals surface area contributed by atoms with Gasteiger partial charge in [0.1, 0.15) is 5.88 Å². The zero-order chi connectivity index (χ0) is 9.28. The molecular formula is C6H11ClMgO4. The standard InChI is InChI=1S/C4H6O2.C2H3ClO2.Mg.2H/c1-3-4(5)6-2;3-1-2(4)5;;;/h3H,1H2,2H3;1H2,(H,4,5);;;/q;;+2;2*-1. The summed E-state index contributed by atoms with van der Waals surface area (Å²) in [5.41, 5.74) is 0. The van der Waals surface area contributed by atoms with Crippen LogP contribution in [0.3, 0.4) is 0 Å². The number of carboxylic acid groups (broad SMARTS) is 1. The summed E-state index contributed by atoms with van der Waals surface area (Å²) in [7, 11) is 1.31. The summed E-state index contributed by atoms with van der Waals surface area (Å²) in [6.07, 6.45) is 1.11. The number of ether oxygens (including phenoxy) is 1. The molecule has 0 aromatic rings. The number of carboxylic acids is 1. The number of carbonyl (C=O) groups excluding carboxylic acids is 1. The maximum atomic E-state index is 9.84. The molecular weight excluding hydrogens is 196 g/mol. The van der Waals surface area contributed by atoms with Crippen molar-refractivity contribution in [1.82, 2.24) is 0 Å². The van der Waals surface area contributed by atoms with Gasteiger partial charge >= 0.3 is 35.0 Å². The van der Waals surface area contributed by atoms with Crippen molar-refractivity contribution in [1.29, 1.82) is 0 Å². The minimum atomic E-state index is -0.980. The van der Waals surface area contributed by atoms with Crippen LogP contribution in [-0.2, 0) is 14.3 Å². The van der Waals surface area contributed by atoms with Crippen LogP contribution in [0.25, 0.3) is 0 Å². The Kier molecular flexibility index (Phi) is 19.7. The minimum Gasteiger partial charge on any atom is -1.00 e. The third-order valence-electron chi connectivity index (χ3n) is 0.482. The monoisotopic (exact) mass is 206 g/mol. The molecule has 0 atom stereocenters. The second-order valence-electron chi connectivity index (χ2n) is 1.25. The van der Waals surface area contributed by atoms with Crippen molar-refractivity contribution in [3.05, 3.63) is 12.7 Å². The first-order chi connectivity index (χ1) is 5.08. The van der Waals surface area contributed by atoms with E-state index in [4.69, 9.17) is 16.7 Å². The fourth-order valence-corrected chi connectivity index (χ4v) is 0.0833. The molecule has 4 nitrogen and oxygen atoms in total. The smallest absolute Gasteiger partial charge is 1.00 e. The summed E-state index contributed by atoms with van der Waals surface area (Å²) in [6, 6.07) is 0. The van der Waals surface area contributed by atoms with Gasteiger partial charge in [0.25, 0.3) is 0 Å². The van der Waals surface area contributed by atoms with E-state index in [0.29, 0.717) is 0 Å². The molecule has 1 N–H and O–H groups in total. The number of methoxy groups -OCH3 is 1. The van der Waals surface area contributed by atoms with Crippen LogP contribution >= 0.6 is 11.6 Å². The van der Waals surface area contributed by atoms with Gasteiger partial charge in [0, 0.05) is 6.08 Å². The fraction of sp³-hybridized carbons (Fsp3) is 0.333. The Morgan fingerprint density at radius 2 is 2.08 bits per heavy atom. The molecule has 0 saturated heterocycles. The van der Waals surface area contributed by atoms with E-state index in [1.165, 1.54) is 7.11 Å². The first-order valence-corrected chi connectivity index (χ1v) is 3.10. The average Bonchev–Trinajstić information content (AvgIpc) is 2.04. The predicted molar refractivity (Wildman–Crippen MR) is 48.5 cm³/mol. The SMILES string of the molecule is C=CC(=O)OC.O=C(O)CCl.[H-].[H-].[Mg+2]. The van der Waals surface area contributed by atoms with Crippen molar-refractivity contribution in [2.75, 3.05) is 13.0 Å². The molecule has 0 aliphatic carbocycles. The van der Waals surface area contributed by atoms with Gasteiger partial charge in [-0.05, 0) is 0 Å². The molecule has 0 spiro atoms. The number of halogens is 1. The Morgan fingerprint density at radius 3 is 2.08 bits per heavy atom. The molecule has 0 rings (SSSR count). The number of hydrogen-bond acceptors (Lipinski definition) is 3. The Morgan fingerprint density at radius 1 is 1.75 bits per heavy atom. The maximum Gasteiger partial charge on any atom is 2.00 e. The van der Waals surface area contributed by atoms with Crippen molar-refractivity contribution < 1.29 is 22.3 Å². The molecule has 0 unspecified atom stereocenters. The second-order valence-corrected chi connectivity index (χ2v) is 1.52. The molecule has 0 heterocycles. The molecule has 6 heteroatoms. The van der Waals surface area contributed by atoms with Crippen molar-refractivity contribution in [3.8, 4) is 0 Å². The van der Waals surface area contributed by atoms with Crippen LogP contribution in [0.15, 0.2) is 12.7 Å². The van der Waals surface area contributed by atoms with Crippen molar-refractivity contribution in [3.63, 3.8) is 0 Å². The Bertz CT molecular complexity index is 157. The number of rotatable bonds is 2. The van der Waals surface area contributed by atoms with Crippen LogP contribution in [-0.4, -0.2) is 53.1 Å². The summed E-state index contributed by atoms with van der Waals surface area (Å²) in [5, 5.41) is 7.59. The fourth-order valence-electron chi connectivity index (χ4n) is 0.0833. The quantitative estimate of drug-likeness (QED) is 0.310. The first-order valence-electron chi connectivity index (χ1n) is 2.56. The van der Waals surface area contributed by atoms with Crippen LogP contribution in [0, 0.1) is 0 Å². The molecule has 12 heavy (non-hydrogen) atoms. The van der Waals surface area contributed by atoms with Gasteiger partial charge < -0.3 is 12.7 Å². The van der Waals surface area contributed by atoms with Gasteiger partial charge in [0.05, 0.1) is 7.11 Å². The third kappa shape index (κ3) is 22.6. The van der Waals surface area contributed by atoms with Gasteiger partial charge in [-0.2, -0.15) is 0 Å². The molecule has 0 aromatic carbocycles. The van der Waals surface area contributed by atoms with E-state index in [9.17, 15) is 9.59 Å². The molecule has 0 radical (unpaired) electrons. The topological polar surface area (TPSA) is 63.6 Å². The summed E-state index contributed by atoms with van der Waals surface area (Å²) in [5.74, 6) is -1.68. The van der Waals surface area contributed by atoms with Gasteiger partial charge in [-0.1, -0.05) is 6.58 Å². The molecule has 0 bridgehead atoms. The van der Waals surface area contributed by atoms with Crippen molar-refractivity contribution >= 4 is 46.6 Å². The second kappa shape index (κ2) is 13.3. The van der Waals surface area contributed by atoms with Gasteiger partial charge in [0.15, 0.2) is 0 Å². The molecule has 0 saturated carbocycles. The summed E-state index contributed by atoms with van der Waals surface area (Å²) in [6.45, 7) is 3.16. The molecule has 0 aliphatic heterocycles. The zero-order valence-electron chi connectivity index (χ0n) is 8.75. The van der Waals surface area contributed by atoms with Crippen LogP contribution in [0.4, 0.5) is 0 Å². The predicted octanol–water partition coefficient (Wildman–Crippen LogP) is 0.499. The van der Waals surface area contributed by atoms with E-state index in [0.717, 1.165) is 6.08 Å². The molecule has 0 amide bonds.